The fourth-order valence-corrected chi connectivity index (χ4v) is 5.07. The number of carbonyl (C=O) groups excluding carboxylic acids is 1. The highest BCUT2D eigenvalue weighted by atomic mass is 16.6. The van der Waals surface area contributed by atoms with Gasteiger partial charge in [0.05, 0.1) is 6.10 Å². The van der Waals surface area contributed by atoms with Gasteiger partial charge in [-0.25, -0.2) is 0 Å². The van der Waals surface area contributed by atoms with Crippen LogP contribution in [-0.2, 0) is 9.53 Å². The van der Waals surface area contributed by atoms with Gasteiger partial charge in [-0.2, -0.15) is 0 Å². The summed E-state index contributed by atoms with van der Waals surface area (Å²) in [7, 11) is 2.14. The normalized spacial score (nSPS) is 31.5. The summed E-state index contributed by atoms with van der Waals surface area (Å²) in [5, 5.41) is 10.2. The largest absolute Gasteiger partial charge is 0.391 e. The lowest BCUT2D eigenvalue weighted by atomic mass is 9.71. The predicted octanol–water partition coefficient (Wildman–Crippen LogP) is 2.52. The maximum atomic E-state index is 13.5. The lowest BCUT2D eigenvalue weighted by Gasteiger charge is -2.56. The van der Waals surface area contributed by atoms with Gasteiger partial charge in [0.15, 0.2) is 5.60 Å². The Balaban J connectivity index is 1.95. The summed E-state index contributed by atoms with van der Waals surface area (Å²) in [6, 6.07) is 0. The van der Waals surface area contributed by atoms with Gasteiger partial charge >= 0.3 is 0 Å². The number of ether oxygens (including phenoxy) is 1. The van der Waals surface area contributed by atoms with E-state index < -0.39 is 17.4 Å². The fourth-order valence-electron chi connectivity index (χ4n) is 5.07. The van der Waals surface area contributed by atoms with E-state index in [4.69, 9.17) is 4.74 Å². The Morgan fingerprint density at radius 1 is 1.17 bits per heavy atom. The third-order valence-corrected chi connectivity index (χ3v) is 6.76. The minimum Gasteiger partial charge on any atom is -0.391 e. The first-order valence-electron chi connectivity index (χ1n) is 9.42. The number of amides is 1. The van der Waals surface area contributed by atoms with Crippen LogP contribution in [0.2, 0.25) is 0 Å². The molecule has 5 nitrogen and oxygen atoms in total. The molecule has 2 heterocycles. The zero-order valence-corrected chi connectivity index (χ0v) is 16.2. The molecule has 24 heavy (non-hydrogen) atoms. The van der Waals surface area contributed by atoms with Crippen molar-refractivity contribution in [2.75, 3.05) is 13.6 Å². The smallest absolute Gasteiger partial charge is 0.257 e. The lowest BCUT2D eigenvalue weighted by Crippen LogP contribution is -2.66. The summed E-state index contributed by atoms with van der Waals surface area (Å²) in [4.78, 5) is 17.7. The first-order chi connectivity index (χ1) is 11.0. The van der Waals surface area contributed by atoms with E-state index in [9.17, 15) is 9.90 Å². The second kappa shape index (κ2) is 5.42. The van der Waals surface area contributed by atoms with Crippen molar-refractivity contribution in [2.45, 2.75) is 102 Å². The van der Waals surface area contributed by atoms with E-state index in [1.165, 1.54) is 0 Å². The highest BCUT2D eigenvalue weighted by Gasteiger charge is 2.67. The Hall–Kier alpha value is -0.650. The first-order valence-corrected chi connectivity index (χ1v) is 9.42. The quantitative estimate of drug-likeness (QED) is 0.859. The second-order valence-electron chi connectivity index (χ2n) is 9.41. The molecular formula is C19H34N2O3. The third-order valence-electron chi connectivity index (χ3n) is 6.76. The van der Waals surface area contributed by atoms with Gasteiger partial charge in [0, 0.05) is 30.5 Å². The number of nitrogens with zero attached hydrogens (tertiary/aromatic N) is 2. The first kappa shape index (κ1) is 18.2. The third kappa shape index (κ3) is 2.51. The molecule has 0 bridgehead atoms. The number of likely N-dealkylation sites (tertiary alicyclic amines) is 1. The summed E-state index contributed by atoms with van der Waals surface area (Å²) in [6.45, 7) is 11.1. The number of hydrogen-bond acceptors (Lipinski definition) is 4. The predicted molar refractivity (Wildman–Crippen MR) is 93.6 cm³/mol. The van der Waals surface area contributed by atoms with E-state index >= 15 is 0 Å². The zero-order chi connectivity index (χ0) is 18.0. The molecule has 1 N–H and O–H groups in total. The molecule has 5 heteroatoms. The molecule has 1 aliphatic carbocycles. The molecule has 3 aliphatic rings. The van der Waals surface area contributed by atoms with E-state index in [2.05, 4.69) is 39.6 Å². The van der Waals surface area contributed by atoms with Crippen molar-refractivity contribution < 1.29 is 14.6 Å². The Morgan fingerprint density at radius 3 is 2.12 bits per heavy atom. The van der Waals surface area contributed by atoms with Crippen molar-refractivity contribution in [1.82, 2.24) is 9.80 Å². The average Bonchev–Trinajstić information content (AvgIpc) is 2.66. The molecule has 3 fully saturated rings. The summed E-state index contributed by atoms with van der Waals surface area (Å²) in [5.41, 5.74) is -1.42. The van der Waals surface area contributed by atoms with Gasteiger partial charge in [0.1, 0.15) is 5.72 Å². The molecule has 2 aliphatic heterocycles. The molecule has 0 radical (unpaired) electrons. The molecule has 1 atom stereocenters. The number of aliphatic hydroxyl groups is 1. The van der Waals surface area contributed by atoms with Gasteiger partial charge in [0.25, 0.3) is 5.91 Å². The number of piperidine rings is 1. The van der Waals surface area contributed by atoms with Crippen LogP contribution in [0.3, 0.4) is 0 Å². The van der Waals surface area contributed by atoms with E-state index in [1.54, 1.807) is 0 Å². The molecule has 1 saturated carbocycles. The lowest BCUT2D eigenvalue weighted by molar-refractivity contribution is -0.218. The van der Waals surface area contributed by atoms with Crippen molar-refractivity contribution in [3.63, 3.8) is 0 Å². The summed E-state index contributed by atoms with van der Waals surface area (Å²) in [6.07, 6.45) is 4.48. The maximum absolute atomic E-state index is 13.5. The fraction of sp³-hybridized carbons (Fsp3) is 0.947. The standard InChI is InChI=1S/C19H34N2O3/c1-7-14(22)11-21-15(23)18(24-19(21)9-8-10-19)12-16(2,3)20(6)17(4,5)13-18/h14,22H,7-13H2,1-6H3. The van der Waals surface area contributed by atoms with E-state index in [0.717, 1.165) is 19.3 Å². The molecule has 2 spiro atoms. The molecule has 0 aromatic heterocycles. The topological polar surface area (TPSA) is 53.0 Å². The van der Waals surface area contributed by atoms with Gasteiger partial charge < -0.3 is 14.7 Å². The monoisotopic (exact) mass is 338 g/mol. The molecule has 2 saturated heterocycles. The molecule has 138 valence electrons. The molecule has 1 amide bonds. The van der Waals surface area contributed by atoms with Crippen LogP contribution in [-0.4, -0.2) is 62.9 Å². The number of aliphatic hydroxyl groups excluding tert-OH is 1. The van der Waals surface area contributed by atoms with Gasteiger partial charge in [-0.05, 0) is 60.4 Å². The van der Waals surface area contributed by atoms with Gasteiger partial charge in [-0.15, -0.1) is 0 Å². The van der Waals surface area contributed by atoms with Crippen LogP contribution >= 0.6 is 0 Å². The Bertz CT molecular complexity index is 507. The minimum atomic E-state index is -0.743. The number of rotatable bonds is 3. The Labute approximate surface area is 146 Å². The number of hydrogen-bond donors (Lipinski definition) is 1. The van der Waals surface area contributed by atoms with Crippen molar-refractivity contribution >= 4 is 5.91 Å². The molecule has 1 unspecified atom stereocenters. The Kier molecular flexibility index (Phi) is 4.10. The van der Waals surface area contributed by atoms with Crippen LogP contribution in [0.1, 0.15) is 73.1 Å². The van der Waals surface area contributed by atoms with Crippen molar-refractivity contribution in [1.29, 1.82) is 0 Å². The molecule has 0 aromatic rings. The van der Waals surface area contributed by atoms with Gasteiger partial charge in [-0.1, -0.05) is 6.92 Å². The van der Waals surface area contributed by atoms with Crippen molar-refractivity contribution in [3.8, 4) is 0 Å². The summed E-state index contributed by atoms with van der Waals surface area (Å²) < 4.78 is 6.64. The van der Waals surface area contributed by atoms with Crippen LogP contribution in [0.15, 0.2) is 0 Å². The van der Waals surface area contributed by atoms with Crippen LogP contribution in [0.5, 0.6) is 0 Å². The highest BCUT2D eigenvalue weighted by Crippen LogP contribution is 2.55. The van der Waals surface area contributed by atoms with Crippen LogP contribution in [0.4, 0.5) is 0 Å². The van der Waals surface area contributed by atoms with Crippen LogP contribution in [0.25, 0.3) is 0 Å². The molecular weight excluding hydrogens is 304 g/mol. The average molecular weight is 338 g/mol. The van der Waals surface area contributed by atoms with Crippen LogP contribution < -0.4 is 0 Å². The zero-order valence-electron chi connectivity index (χ0n) is 16.2. The van der Waals surface area contributed by atoms with E-state index in [-0.39, 0.29) is 17.0 Å². The summed E-state index contributed by atoms with van der Waals surface area (Å²) >= 11 is 0. The van der Waals surface area contributed by atoms with Gasteiger partial charge in [-0.3, -0.25) is 9.69 Å². The number of carbonyl (C=O) groups is 1. The molecule has 3 rings (SSSR count). The van der Waals surface area contributed by atoms with E-state index in [0.29, 0.717) is 25.8 Å². The van der Waals surface area contributed by atoms with Gasteiger partial charge in [0.2, 0.25) is 0 Å². The minimum absolute atomic E-state index is 0.101. The van der Waals surface area contributed by atoms with Crippen molar-refractivity contribution in [2.24, 2.45) is 0 Å². The highest BCUT2D eigenvalue weighted by molar-refractivity contribution is 5.88. The SMILES string of the molecule is CCC(O)CN1C(=O)C2(CC(C)(C)N(C)C(C)(C)C2)OC12CCC2. The summed E-state index contributed by atoms with van der Waals surface area (Å²) in [5.74, 6) is 0.101. The van der Waals surface area contributed by atoms with E-state index in [1.807, 2.05) is 11.8 Å². The Morgan fingerprint density at radius 2 is 1.71 bits per heavy atom. The second-order valence-corrected chi connectivity index (χ2v) is 9.41. The van der Waals surface area contributed by atoms with Crippen LogP contribution in [0, 0.1) is 0 Å². The maximum Gasteiger partial charge on any atom is 0.257 e. The van der Waals surface area contributed by atoms with Crippen molar-refractivity contribution in [3.05, 3.63) is 0 Å². The number of β-amino-alcohol motifs (C(OH)–C–C–N with tert-alkyl or cyclic N) is 1. The molecule has 0 aromatic carbocycles.